The third kappa shape index (κ3) is 4.64. The van der Waals surface area contributed by atoms with Crippen molar-refractivity contribution in [1.82, 2.24) is 4.90 Å². The molecule has 0 heterocycles. The Kier molecular flexibility index (Phi) is 6.56. The highest BCUT2D eigenvalue weighted by molar-refractivity contribution is 9.10. The number of nitrogens with zero attached hydrogens (tertiary/aromatic N) is 1. The highest BCUT2D eigenvalue weighted by atomic mass is 79.9. The predicted octanol–water partition coefficient (Wildman–Crippen LogP) is 4.74. The van der Waals surface area contributed by atoms with E-state index in [0.717, 1.165) is 29.4 Å². The molecular formula is C16H24BrNO. The predicted molar refractivity (Wildman–Crippen MR) is 84.4 cm³/mol. The third-order valence-electron chi connectivity index (χ3n) is 3.30. The molecule has 0 aromatic heterocycles. The number of carbonyl (C=O) groups excluding carboxylic acids is 1. The van der Waals surface area contributed by atoms with Crippen LogP contribution in [0.5, 0.6) is 0 Å². The van der Waals surface area contributed by atoms with Gasteiger partial charge in [-0.25, -0.2) is 0 Å². The Balaban J connectivity index is 2.96. The molecule has 0 aliphatic carbocycles. The summed E-state index contributed by atoms with van der Waals surface area (Å²) in [6.07, 6.45) is 2.01. The Morgan fingerprint density at radius 2 is 1.68 bits per heavy atom. The van der Waals surface area contributed by atoms with E-state index < -0.39 is 0 Å². The molecule has 1 amide bonds. The minimum atomic E-state index is 0.148. The van der Waals surface area contributed by atoms with Crippen LogP contribution < -0.4 is 0 Å². The van der Waals surface area contributed by atoms with Crippen LogP contribution in [0, 0.1) is 5.92 Å². The van der Waals surface area contributed by atoms with Crippen LogP contribution in [0.15, 0.2) is 28.7 Å². The van der Waals surface area contributed by atoms with Gasteiger partial charge < -0.3 is 4.90 Å². The first-order valence-corrected chi connectivity index (χ1v) is 7.85. The van der Waals surface area contributed by atoms with Crippen LogP contribution in [-0.2, 0) is 0 Å². The molecule has 0 radical (unpaired) electrons. The van der Waals surface area contributed by atoms with Crippen molar-refractivity contribution in [2.75, 3.05) is 6.54 Å². The summed E-state index contributed by atoms with van der Waals surface area (Å²) in [6.45, 7) is 9.43. The molecule has 106 valence electrons. The van der Waals surface area contributed by atoms with Gasteiger partial charge in [0.2, 0.25) is 0 Å². The SMILES string of the molecule is CCC(CC)N(CC(C)C)C(=O)c1ccc(Br)cc1. The van der Waals surface area contributed by atoms with Gasteiger partial charge in [0.05, 0.1) is 0 Å². The summed E-state index contributed by atoms with van der Waals surface area (Å²) in [5.74, 6) is 0.634. The van der Waals surface area contributed by atoms with E-state index >= 15 is 0 Å². The van der Waals surface area contributed by atoms with Crippen LogP contribution in [-0.4, -0.2) is 23.4 Å². The molecule has 0 saturated heterocycles. The lowest BCUT2D eigenvalue weighted by atomic mass is 10.1. The van der Waals surface area contributed by atoms with Crippen molar-refractivity contribution in [2.24, 2.45) is 5.92 Å². The fraction of sp³-hybridized carbons (Fsp3) is 0.562. The molecule has 0 unspecified atom stereocenters. The van der Waals surface area contributed by atoms with Crippen molar-refractivity contribution < 1.29 is 4.79 Å². The summed E-state index contributed by atoms with van der Waals surface area (Å²) >= 11 is 3.40. The Morgan fingerprint density at radius 3 is 2.11 bits per heavy atom. The molecular weight excluding hydrogens is 302 g/mol. The van der Waals surface area contributed by atoms with Gasteiger partial charge in [-0.1, -0.05) is 43.6 Å². The van der Waals surface area contributed by atoms with Crippen molar-refractivity contribution >= 4 is 21.8 Å². The number of hydrogen-bond acceptors (Lipinski definition) is 1. The van der Waals surface area contributed by atoms with Crippen molar-refractivity contribution in [1.29, 1.82) is 0 Å². The average molecular weight is 326 g/mol. The monoisotopic (exact) mass is 325 g/mol. The normalized spacial score (nSPS) is 11.1. The highest BCUT2D eigenvalue weighted by Gasteiger charge is 2.22. The second-order valence-electron chi connectivity index (χ2n) is 5.33. The maximum absolute atomic E-state index is 12.7. The Labute approximate surface area is 125 Å². The first kappa shape index (κ1) is 16.2. The molecule has 0 N–H and O–H groups in total. The van der Waals surface area contributed by atoms with Gasteiger partial charge in [0.1, 0.15) is 0 Å². The Bertz CT molecular complexity index is 396. The first-order valence-electron chi connectivity index (χ1n) is 7.06. The van der Waals surface area contributed by atoms with Gasteiger partial charge in [0.15, 0.2) is 0 Å². The molecule has 1 aromatic rings. The van der Waals surface area contributed by atoms with E-state index in [-0.39, 0.29) is 5.91 Å². The summed E-state index contributed by atoms with van der Waals surface area (Å²) in [4.78, 5) is 14.7. The lowest BCUT2D eigenvalue weighted by Crippen LogP contribution is -2.42. The van der Waals surface area contributed by atoms with Gasteiger partial charge in [0.25, 0.3) is 5.91 Å². The Morgan fingerprint density at radius 1 is 1.16 bits per heavy atom. The molecule has 3 heteroatoms. The number of carbonyl (C=O) groups is 1. The summed E-state index contributed by atoms with van der Waals surface area (Å²) in [5.41, 5.74) is 0.774. The molecule has 0 saturated carbocycles. The van der Waals surface area contributed by atoms with Gasteiger partial charge >= 0.3 is 0 Å². The van der Waals surface area contributed by atoms with Crippen molar-refractivity contribution in [3.8, 4) is 0 Å². The van der Waals surface area contributed by atoms with E-state index in [1.54, 1.807) is 0 Å². The molecule has 0 fully saturated rings. The van der Waals surface area contributed by atoms with Crippen LogP contribution in [0.3, 0.4) is 0 Å². The van der Waals surface area contributed by atoms with Crippen molar-refractivity contribution in [3.63, 3.8) is 0 Å². The van der Waals surface area contributed by atoms with E-state index in [2.05, 4.69) is 43.6 Å². The van der Waals surface area contributed by atoms with Crippen LogP contribution in [0.4, 0.5) is 0 Å². The number of benzene rings is 1. The summed E-state index contributed by atoms with van der Waals surface area (Å²) in [5, 5.41) is 0. The quantitative estimate of drug-likeness (QED) is 0.740. The summed E-state index contributed by atoms with van der Waals surface area (Å²) in [6, 6.07) is 7.96. The topological polar surface area (TPSA) is 20.3 Å². The minimum absolute atomic E-state index is 0.148. The van der Waals surface area contributed by atoms with Crippen LogP contribution >= 0.6 is 15.9 Å². The van der Waals surface area contributed by atoms with Crippen LogP contribution in [0.1, 0.15) is 50.9 Å². The maximum atomic E-state index is 12.7. The van der Waals surface area contributed by atoms with E-state index in [1.807, 2.05) is 29.2 Å². The zero-order chi connectivity index (χ0) is 14.4. The lowest BCUT2D eigenvalue weighted by molar-refractivity contribution is 0.0640. The van der Waals surface area contributed by atoms with Gasteiger partial charge in [0, 0.05) is 22.6 Å². The molecule has 19 heavy (non-hydrogen) atoms. The fourth-order valence-corrected chi connectivity index (χ4v) is 2.54. The average Bonchev–Trinajstić information content (AvgIpc) is 2.38. The van der Waals surface area contributed by atoms with Gasteiger partial charge in [-0.05, 0) is 43.0 Å². The molecule has 1 rings (SSSR count). The first-order chi connectivity index (χ1) is 8.99. The van der Waals surface area contributed by atoms with Crippen LogP contribution in [0.25, 0.3) is 0 Å². The number of halogens is 1. The number of rotatable bonds is 6. The largest absolute Gasteiger partial charge is 0.335 e. The van der Waals surface area contributed by atoms with Gasteiger partial charge in [-0.2, -0.15) is 0 Å². The number of amides is 1. The second kappa shape index (κ2) is 7.68. The van der Waals surface area contributed by atoms with Gasteiger partial charge in [-0.3, -0.25) is 4.79 Å². The van der Waals surface area contributed by atoms with Crippen molar-refractivity contribution in [2.45, 2.75) is 46.6 Å². The summed E-state index contributed by atoms with van der Waals surface area (Å²) in [7, 11) is 0. The van der Waals surface area contributed by atoms with Gasteiger partial charge in [-0.15, -0.1) is 0 Å². The van der Waals surface area contributed by atoms with E-state index in [0.29, 0.717) is 12.0 Å². The minimum Gasteiger partial charge on any atom is -0.335 e. The second-order valence-corrected chi connectivity index (χ2v) is 6.24. The molecule has 0 aliphatic rings. The van der Waals surface area contributed by atoms with E-state index in [9.17, 15) is 4.79 Å². The molecule has 1 aromatic carbocycles. The van der Waals surface area contributed by atoms with E-state index in [4.69, 9.17) is 0 Å². The van der Waals surface area contributed by atoms with Crippen LogP contribution in [0.2, 0.25) is 0 Å². The smallest absolute Gasteiger partial charge is 0.254 e. The molecule has 2 nitrogen and oxygen atoms in total. The van der Waals surface area contributed by atoms with Crippen molar-refractivity contribution in [3.05, 3.63) is 34.3 Å². The molecule has 0 atom stereocenters. The molecule has 0 spiro atoms. The number of hydrogen-bond donors (Lipinski definition) is 0. The molecule has 0 aliphatic heterocycles. The van der Waals surface area contributed by atoms with E-state index in [1.165, 1.54) is 0 Å². The zero-order valence-electron chi connectivity index (χ0n) is 12.3. The third-order valence-corrected chi connectivity index (χ3v) is 3.83. The summed E-state index contributed by atoms with van der Waals surface area (Å²) < 4.78 is 1.00. The zero-order valence-corrected chi connectivity index (χ0v) is 13.9. The fourth-order valence-electron chi connectivity index (χ4n) is 2.28. The molecule has 0 bridgehead atoms. The highest BCUT2D eigenvalue weighted by Crippen LogP contribution is 2.17. The maximum Gasteiger partial charge on any atom is 0.254 e. The Hall–Kier alpha value is -0.830. The standard InChI is InChI=1S/C16H24BrNO/c1-5-15(6-2)18(11-12(3)4)16(19)13-7-9-14(17)10-8-13/h7-10,12,15H,5-6,11H2,1-4H3. The lowest BCUT2D eigenvalue weighted by Gasteiger charge is -2.32.